The summed E-state index contributed by atoms with van der Waals surface area (Å²) in [5.74, 6) is 1.67. The summed E-state index contributed by atoms with van der Waals surface area (Å²) in [6, 6.07) is 28.3. The molecule has 160 valence electrons. The molecule has 1 aromatic heterocycles. The molecule has 1 nitrogen and oxygen atoms in total. The zero-order valence-electron chi connectivity index (χ0n) is 18.3. The van der Waals surface area contributed by atoms with Gasteiger partial charge in [0.25, 0.3) is 0 Å². The van der Waals surface area contributed by atoms with Crippen LogP contribution in [-0.4, -0.2) is 4.98 Å². The van der Waals surface area contributed by atoms with Gasteiger partial charge in [-0.1, -0.05) is 86.8 Å². The predicted octanol–water partition coefficient (Wildman–Crippen LogP) is 8.57. The molecule has 1 heterocycles. The summed E-state index contributed by atoms with van der Waals surface area (Å²) in [4.78, 5) is 6.36. The summed E-state index contributed by atoms with van der Waals surface area (Å²) in [6.45, 7) is 2.29. The van der Waals surface area contributed by atoms with Crippen LogP contribution in [0.2, 0.25) is 0 Å². The van der Waals surface area contributed by atoms with Gasteiger partial charge < -0.3 is 0 Å². The Kier molecular flexibility index (Phi) is 8.20. The van der Waals surface area contributed by atoms with Crippen LogP contribution in [0.3, 0.4) is 0 Å². The Bertz CT molecular complexity index is 1040. The van der Waals surface area contributed by atoms with Gasteiger partial charge in [-0.15, -0.1) is 23.1 Å². The van der Waals surface area contributed by atoms with Gasteiger partial charge in [-0.05, 0) is 48.1 Å². The Hall–Kier alpha value is -2.10. The molecule has 0 saturated carbocycles. The first-order valence-corrected chi connectivity index (χ1v) is 13.2. The lowest BCUT2D eigenvalue weighted by Gasteiger charge is -2.18. The molecule has 0 radical (unpaired) electrons. The molecule has 0 aliphatic carbocycles. The summed E-state index contributed by atoms with van der Waals surface area (Å²) in [6.07, 6.45) is 7.41. The highest BCUT2D eigenvalue weighted by atomic mass is 32.2. The Labute approximate surface area is 194 Å². The number of hydrogen-bond donors (Lipinski definition) is 0. The van der Waals surface area contributed by atoms with Gasteiger partial charge in [-0.3, -0.25) is 0 Å². The fraction of sp³-hybridized carbons (Fsp3) is 0.321. The third-order valence-electron chi connectivity index (χ3n) is 5.74. The van der Waals surface area contributed by atoms with Crippen molar-refractivity contribution in [2.45, 2.75) is 56.1 Å². The number of thiazole rings is 1. The first-order valence-electron chi connectivity index (χ1n) is 11.4. The fourth-order valence-corrected chi connectivity index (χ4v) is 6.18. The van der Waals surface area contributed by atoms with E-state index in [1.165, 1.54) is 51.4 Å². The Morgan fingerprint density at radius 2 is 1.61 bits per heavy atom. The maximum Gasteiger partial charge on any atom is 0.0941 e. The van der Waals surface area contributed by atoms with Gasteiger partial charge in [0.05, 0.1) is 15.2 Å². The van der Waals surface area contributed by atoms with E-state index < -0.39 is 0 Å². The lowest BCUT2D eigenvalue weighted by molar-refractivity contribution is 0.450. The van der Waals surface area contributed by atoms with Crippen molar-refractivity contribution in [1.29, 1.82) is 0 Å². The van der Waals surface area contributed by atoms with Crippen LogP contribution in [0.1, 0.15) is 48.7 Å². The number of thioether (sulfide) groups is 1. The second kappa shape index (κ2) is 11.5. The molecule has 0 bridgehead atoms. The Balaban J connectivity index is 1.48. The lowest BCUT2D eigenvalue weighted by atomic mass is 9.91. The van der Waals surface area contributed by atoms with Crippen LogP contribution in [0.5, 0.6) is 0 Å². The van der Waals surface area contributed by atoms with Gasteiger partial charge in [0.15, 0.2) is 0 Å². The number of fused-ring (bicyclic) bond motifs is 1. The summed E-state index contributed by atoms with van der Waals surface area (Å²) < 4.78 is 1.31. The third kappa shape index (κ3) is 6.44. The van der Waals surface area contributed by atoms with Crippen LogP contribution in [-0.2, 0) is 18.6 Å². The Morgan fingerprint density at radius 3 is 2.45 bits per heavy atom. The number of para-hydroxylation sites is 1. The molecule has 3 aromatic carbocycles. The van der Waals surface area contributed by atoms with E-state index in [0.29, 0.717) is 5.92 Å². The molecule has 4 aromatic rings. The maximum absolute atomic E-state index is 4.93. The molecule has 0 fully saturated rings. The fourth-order valence-electron chi connectivity index (χ4n) is 4.07. The molecular weight excluding hydrogens is 414 g/mol. The van der Waals surface area contributed by atoms with E-state index in [4.69, 9.17) is 4.98 Å². The van der Waals surface area contributed by atoms with Crippen molar-refractivity contribution in [2.24, 2.45) is 5.92 Å². The number of hydrogen-bond acceptors (Lipinski definition) is 3. The minimum Gasteiger partial charge on any atom is -0.241 e. The number of nitrogens with zero attached hydrogens (tertiary/aromatic N) is 1. The SMILES string of the molecule is CCCCCC(Cc1nc2ccccc2s1)Cc1ccccc1SCc1ccccc1. The van der Waals surface area contributed by atoms with Crippen molar-refractivity contribution in [3.63, 3.8) is 0 Å². The van der Waals surface area contributed by atoms with E-state index in [1.54, 1.807) is 0 Å². The highest BCUT2D eigenvalue weighted by Crippen LogP contribution is 2.31. The van der Waals surface area contributed by atoms with Gasteiger partial charge in [0, 0.05) is 17.1 Å². The predicted molar refractivity (Wildman–Crippen MR) is 137 cm³/mol. The van der Waals surface area contributed by atoms with Crippen LogP contribution in [0.25, 0.3) is 10.2 Å². The normalized spacial score (nSPS) is 12.3. The molecule has 1 unspecified atom stereocenters. The monoisotopic (exact) mass is 445 g/mol. The van der Waals surface area contributed by atoms with E-state index in [1.807, 2.05) is 23.1 Å². The van der Waals surface area contributed by atoms with Crippen molar-refractivity contribution in [1.82, 2.24) is 4.98 Å². The van der Waals surface area contributed by atoms with Gasteiger partial charge in [0.1, 0.15) is 0 Å². The third-order valence-corrected chi connectivity index (χ3v) is 7.98. The minimum atomic E-state index is 0.644. The van der Waals surface area contributed by atoms with Crippen molar-refractivity contribution < 1.29 is 0 Å². The molecule has 3 heteroatoms. The number of benzene rings is 3. The van der Waals surface area contributed by atoms with Crippen LogP contribution in [0.4, 0.5) is 0 Å². The van der Waals surface area contributed by atoms with Crippen molar-refractivity contribution in [3.8, 4) is 0 Å². The van der Waals surface area contributed by atoms with E-state index in [2.05, 4.69) is 85.8 Å². The van der Waals surface area contributed by atoms with Gasteiger partial charge in [-0.2, -0.15) is 0 Å². The molecule has 31 heavy (non-hydrogen) atoms. The molecule has 1 atom stereocenters. The average Bonchev–Trinajstić information content (AvgIpc) is 3.21. The van der Waals surface area contributed by atoms with Crippen molar-refractivity contribution >= 4 is 33.3 Å². The largest absolute Gasteiger partial charge is 0.241 e. The van der Waals surface area contributed by atoms with E-state index in [9.17, 15) is 0 Å². The number of aromatic nitrogens is 1. The van der Waals surface area contributed by atoms with E-state index >= 15 is 0 Å². The van der Waals surface area contributed by atoms with Crippen molar-refractivity contribution in [2.75, 3.05) is 0 Å². The van der Waals surface area contributed by atoms with E-state index in [0.717, 1.165) is 24.1 Å². The Morgan fingerprint density at radius 1 is 0.839 bits per heavy atom. The standard InChI is InChI=1S/C28H31NS2/c1-2-3-5-14-23(20-28-29-25-16-9-11-18-27(25)31-28)19-24-15-8-10-17-26(24)30-21-22-12-6-4-7-13-22/h4,6-13,15-18,23H,2-3,5,14,19-21H2,1H3. The first kappa shape index (κ1) is 22.1. The van der Waals surface area contributed by atoms with Crippen LogP contribution in [0, 0.1) is 5.92 Å². The lowest BCUT2D eigenvalue weighted by Crippen LogP contribution is -2.09. The smallest absolute Gasteiger partial charge is 0.0941 e. The molecular formula is C28H31NS2. The van der Waals surface area contributed by atoms with Crippen LogP contribution in [0.15, 0.2) is 83.8 Å². The average molecular weight is 446 g/mol. The summed E-state index contributed by atoms with van der Waals surface area (Å²) in [5.41, 5.74) is 4.02. The van der Waals surface area contributed by atoms with Crippen molar-refractivity contribution in [3.05, 3.63) is 95.0 Å². The summed E-state index contributed by atoms with van der Waals surface area (Å²) >= 11 is 3.84. The zero-order chi connectivity index (χ0) is 21.3. The highest BCUT2D eigenvalue weighted by Gasteiger charge is 2.16. The van der Waals surface area contributed by atoms with Crippen LogP contribution < -0.4 is 0 Å². The maximum atomic E-state index is 4.93. The summed E-state index contributed by atoms with van der Waals surface area (Å²) in [5, 5.41) is 1.29. The number of rotatable bonds is 11. The molecule has 0 saturated heterocycles. The molecule has 0 aliphatic heterocycles. The zero-order valence-corrected chi connectivity index (χ0v) is 19.9. The van der Waals surface area contributed by atoms with Crippen LogP contribution >= 0.6 is 23.1 Å². The number of unbranched alkanes of at least 4 members (excludes halogenated alkanes) is 2. The summed E-state index contributed by atoms with van der Waals surface area (Å²) in [7, 11) is 0. The van der Waals surface area contributed by atoms with Gasteiger partial charge in [0.2, 0.25) is 0 Å². The first-order chi connectivity index (χ1) is 15.3. The van der Waals surface area contributed by atoms with Gasteiger partial charge in [-0.25, -0.2) is 4.98 Å². The topological polar surface area (TPSA) is 12.9 Å². The molecule has 0 N–H and O–H groups in total. The van der Waals surface area contributed by atoms with E-state index in [-0.39, 0.29) is 0 Å². The quantitative estimate of drug-likeness (QED) is 0.169. The second-order valence-corrected chi connectivity index (χ2v) is 10.4. The molecule has 0 aliphatic rings. The molecule has 0 spiro atoms. The highest BCUT2D eigenvalue weighted by molar-refractivity contribution is 7.98. The molecule has 0 amide bonds. The minimum absolute atomic E-state index is 0.644. The molecule has 4 rings (SSSR count). The van der Waals surface area contributed by atoms with Gasteiger partial charge >= 0.3 is 0 Å². The second-order valence-electron chi connectivity index (χ2n) is 8.23.